The predicted octanol–water partition coefficient (Wildman–Crippen LogP) is 3.46. The number of aliphatic hydroxyl groups is 1. The zero-order valence-electron chi connectivity index (χ0n) is 15.1. The monoisotopic (exact) mass is 388 g/mol. The van der Waals surface area contributed by atoms with Crippen LogP contribution >= 0.6 is 11.8 Å². The van der Waals surface area contributed by atoms with Crippen LogP contribution in [0.4, 0.5) is 4.39 Å². The van der Waals surface area contributed by atoms with Gasteiger partial charge >= 0.3 is 0 Å². The molecule has 1 heterocycles. The van der Waals surface area contributed by atoms with Crippen molar-refractivity contribution in [3.8, 4) is 11.4 Å². The van der Waals surface area contributed by atoms with E-state index in [4.69, 9.17) is 4.74 Å². The van der Waals surface area contributed by atoms with Crippen LogP contribution in [0.15, 0.2) is 53.7 Å². The Labute approximate surface area is 161 Å². The summed E-state index contributed by atoms with van der Waals surface area (Å²) in [6, 6.07) is 14.1. The molecule has 0 fully saturated rings. The summed E-state index contributed by atoms with van der Waals surface area (Å²) in [5, 5.41) is 22.4. The SMILES string of the molecule is CC(C)c1ccc(-n2nnnc2SC[C@H](O)COc2ccccc2F)cc1. The van der Waals surface area contributed by atoms with Crippen molar-refractivity contribution in [1.82, 2.24) is 20.2 Å². The van der Waals surface area contributed by atoms with E-state index in [0.29, 0.717) is 16.8 Å². The molecule has 2 aromatic carbocycles. The molecular weight excluding hydrogens is 367 g/mol. The van der Waals surface area contributed by atoms with Crippen molar-refractivity contribution in [1.29, 1.82) is 0 Å². The molecule has 1 atom stereocenters. The van der Waals surface area contributed by atoms with Gasteiger partial charge < -0.3 is 9.84 Å². The molecule has 3 rings (SSSR count). The number of aromatic nitrogens is 4. The highest BCUT2D eigenvalue weighted by Crippen LogP contribution is 2.22. The number of hydrogen-bond acceptors (Lipinski definition) is 6. The highest BCUT2D eigenvalue weighted by molar-refractivity contribution is 7.99. The Balaban J connectivity index is 1.57. The van der Waals surface area contributed by atoms with Crippen LogP contribution in [0.2, 0.25) is 0 Å². The van der Waals surface area contributed by atoms with E-state index in [1.807, 2.05) is 24.3 Å². The second kappa shape index (κ2) is 8.96. The first-order chi connectivity index (χ1) is 13.0. The topological polar surface area (TPSA) is 73.1 Å². The lowest BCUT2D eigenvalue weighted by Crippen LogP contribution is -2.20. The summed E-state index contributed by atoms with van der Waals surface area (Å²) in [5.41, 5.74) is 2.09. The summed E-state index contributed by atoms with van der Waals surface area (Å²) in [5.74, 6) is 0.438. The fourth-order valence-electron chi connectivity index (χ4n) is 2.40. The smallest absolute Gasteiger partial charge is 0.214 e. The van der Waals surface area contributed by atoms with E-state index in [9.17, 15) is 9.50 Å². The maximum Gasteiger partial charge on any atom is 0.214 e. The van der Waals surface area contributed by atoms with E-state index in [-0.39, 0.29) is 12.4 Å². The number of hydrogen-bond donors (Lipinski definition) is 1. The average Bonchev–Trinajstić information content (AvgIpc) is 3.14. The van der Waals surface area contributed by atoms with Crippen molar-refractivity contribution in [3.63, 3.8) is 0 Å². The van der Waals surface area contributed by atoms with Crippen molar-refractivity contribution in [2.45, 2.75) is 31.0 Å². The standard InChI is InChI=1S/C19H21FN4O2S/c1-13(2)14-7-9-15(10-8-14)24-19(21-22-23-24)27-12-16(25)11-26-18-6-4-3-5-17(18)20/h3-10,13,16,25H,11-12H2,1-2H3/t16-/m1/s1. The number of aliphatic hydroxyl groups excluding tert-OH is 1. The number of tetrazole rings is 1. The van der Waals surface area contributed by atoms with E-state index in [1.165, 1.54) is 29.5 Å². The molecule has 142 valence electrons. The van der Waals surface area contributed by atoms with Gasteiger partial charge in [-0.3, -0.25) is 0 Å². The third kappa shape index (κ3) is 5.05. The summed E-state index contributed by atoms with van der Waals surface area (Å²) in [6.07, 6.45) is -0.789. The summed E-state index contributed by atoms with van der Waals surface area (Å²) in [6.45, 7) is 4.26. The van der Waals surface area contributed by atoms with Gasteiger partial charge in [-0.2, -0.15) is 4.68 Å². The van der Waals surface area contributed by atoms with Gasteiger partial charge in [-0.25, -0.2) is 4.39 Å². The van der Waals surface area contributed by atoms with Crippen molar-refractivity contribution in [3.05, 3.63) is 59.9 Å². The molecule has 0 amide bonds. The van der Waals surface area contributed by atoms with Gasteiger partial charge in [0.2, 0.25) is 5.16 Å². The minimum absolute atomic E-state index is 0.0153. The molecule has 0 aliphatic rings. The van der Waals surface area contributed by atoms with Gasteiger partial charge in [0.05, 0.1) is 11.8 Å². The van der Waals surface area contributed by atoms with E-state index in [2.05, 4.69) is 29.4 Å². The lowest BCUT2D eigenvalue weighted by molar-refractivity contribution is 0.123. The van der Waals surface area contributed by atoms with Crippen LogP contribution in [0.3, 0.4) is 0 Å². The molecule has 0 saturated carbocycles. The van der Waals surface area contributed by atoms with Crippen LogP contribution in [0.5, 0.6) is 5.75 Å². The summed E-state index contributed by atoms with van der Waals surface area (Å²) in [7, 11) is 0. The molecule has 0 spiro atoms. The molecule has 0 radical (unpaired) electrons. The number of benzene rings is 2. The predicted molar refractivity (Wildman–Crippen MR) is 102 cm³/mol. The van der Waals surface area contributed by atoms with Crippen LogP contribution in [-0.2, 0) is 0 Å². The third-order valence-electron chi connectivity index (χ3n) is 3.92. The average molecular weight is 388 g/mol. The summed E-state index contributed by atoms with van der Waals surface area (Å²) in [4.78, 5) is 0. The molecule has 0 unspecified atom stereocenters. The van der Waals surface area contributed by atoms with Crippen LogP contribution in [-0.4, -0.2) is 43.8 Å². The Hall–Kier alpha value is -2.45. The number of halogens is 1. The molecule has 0 saturated heterocycles. The third-order valence-corrected chi connectivity index (χ3v) is 4.98. The van der Waals surface area contributed by atoms with E-state index in [1.54, 1.807) is 16.8 Å². The zero-order chi connectivity index (χ0) is 19.2. The molecule has 3 aromatic rings. The number of nitrogens with zero attached hydrogens (tertiary/aromatic N) is 4. The van der Waals surface area contributed by atoms with Crippen LogP contribution in [0, 0.1) is 5.82 Å². The Morgan fingerprint density at radius 2 is 1.89 bits per heavy atom. The fourth-order valence-corrected chi connectivity index (χ4v) is 3.19. The molecule has 6 nitrogen and oxygen atoms in total. The van der Waals surface area contributed by atoms with Gasteiger partial charge in [-0.05, 0) is 46.2 Å². The Kier molecular flexibility index (Phi) is 6.41. The van der Waals surface area contributed by atoms with Gasteiger partial charge in [0.15, 0.2) is 11.6 Å². The van der Waals surface area contributed by atoms with Crippen molar-refractivity contribution >= 4 is 11.8 Å². The Bertz CT molecular complexity index is 870. The van der Waals surface area contributed by atoms with Crippen LogP contribution < -0.4 is 4.74 Å². The Morgan fingerprint density at radius 1 is 1.15 bits per heavy atom. The molecule has 27 heavy (non-hydrogen) atoms. The van der Waals surface area contributed by atoms with Crippen LogP contribution in [0.25, 0.3) is 5.69 Å². The van der Waals surface area contributed by atoms with E-state index >= 15 is 0 Å². The molecule has 0 aliphatic carbocycles. The van der Waals surface area contributed by atoms with Gasteiger partial charge in [0.25, 0.3) is 0 Å². The molecule has 0 bridgehead atoms. The van der Waals surface area contributed by atoms with Crippen molar-refractivity contribution in [2.75, 3.05) is 12.4 Å². The second-order valence-electron chi connectivity index (χ2n) is 6.33. The lowest BCUT2D eigenvalue weighted by Gasteiger charge is -2.12. The number of rotatable bonds is 8. The van der Waals surface area contributed by atoms with Gasteiger partial charge in [-0.15, -0.1) is 5.10 Å². The highest BCUT2D eigenvalue weighted by Gasteiger charge is 2.14. The highest BCUT2D eigenvalue weighted by atomic mass is 32.2. The van der Waals surface area contributed by atoms with Gasteiger partial charge in [-0.1, -0.05) is 49.9 Å². The first kappa shape index (κ1) is 19.3. The maximum absolute atomic E-state index is 13.5. The summed E-state index contributed by atoms with van der Waals surface area (Å²) >= 11 is 1.31. The quantitative estimate of drug-likeness (QED) is 0.596. The normalized spacial score (nSPS) is 12.3. The Morgan fingerprint density at radius 3 is 2.59 bits per heavy atom. The van der Waals surface area contributed by atoms with Gasteiger partial charge in [0.1, 0.15) is 6.61 Å². The molecule has 8 heteroatoms. The maximum atomic E-state index is 13.5. The number of thioether (sulfide) groups is 1. The van der Waals surface area contributed by atoms with Crippen molar-refractivity contribution < 1.29 is 14.2 Å². The fraction of sp³-hybridized carbons (Fsp3) is 0.316. The van der Waals surface area contributed by atoms with Gasteiger partial charge in [0, 0.05) is 5.75 Å². The number of ether oxygens (including phenoxy) is 1. The van der Waals surface area contributed by atoms with E-state index < -0.39 is 11.9 Å². The van der Waals surface area contributed by atoms with E-state index in [0.717, 1.165) is 5.69 Å². The molecule has 0 aliphatic heterocycles. The number of para-hydroxylation sites is 1. The molecule has 1 N–H and O–H groups in total. The zero-order valence-corrected chi connectivity index (χ0v) is 15.9. The molecule has 1 aromatic heterocycles. The molecular formula is C19H21FN4O2S. The van der Waals surface area contributed by atoms with Crippen LogP contribution in [0.1, 0.15) is 25.3 Å². The minimum Gasteiger partial charge on any atom is -0.488 e. The minimum atomic E-state index is -0.789. The van der Waals surface area contributed by atoms with Crippen molar-refractivity contribution in [2.24, 2.45) is 0 Å². The lowest BCUT2D eigenvalue weighted by atomic mass is 10.0. The largest absolute Gasteiger partial charge is 0.488 e. The second-order valence-corrected chi connectivity index (χ2v) is 7.31. The summed E-state index contributed by atoms with van der Waals surface area (Å²) < 4.78 is 20.5. The first-order valence-electron chi connectivity index (χ1n) is 8.61. The first-order valence-corrected chi connectivity index (χ1v) is 9.60.